The van der Waals surface area contributed by atoms with Crippen molar-refractivity contribution in [1.29, 1.82) is 0 Å². The second-order valence-corrected chi connectivity index (χ2v) is 5.13. The Labute approximate surface area is 119 Å². The van der Waals surface area contributed by atoms with Gasteiger partial charge in [-0.15, -0.1) is 0 Å². The van der Waals surface area contributed by atoms with Gasteiger partial charge in [0.1, 0.15) is 0 Å². The van der Waals surface area contributed by atoms with Crippen LogP contribution in [0.5, 0.6) is 0 Å². The Morgan fingerprint density at radius 1 is 1.11 bits per heavy atom. The zero-order valence-corrected chi connectivity index (χ0v) is 12.1. The molecule has 0 aliphatic carbocycles. The zero-order valence-electron chi connectivity index (χ0n) is 11.4. The number of rotatable bonds is 4. The smallest absolute Gasteiger partial charge is 0.0449 e. The monoisotopic (exact) mass is 274 g/mol. The van der Waals surface area contributed by atoms with Gasteiger partial charge in [-0.2, -0.15) is 0 Å². The quantitative estimate of drug-likeness (QED) is 0.844. The van der Waals surface area contributed by atoms with Gasteiger partial charge in [0.15, 0.2) is 0 Å². The van der Waals surface area contributed by atoms with Crippen LogP contribution < -0.4 is 10.6 Å². The summed E-state index contributed by atoms with van der Waals surface area (Å²) < 4.78 is 0. The second-order valence-electron chi connectivity index (χ2n) is 4.69. The van der Waals surface area contributed by atoms with Crippen molar-refractivity contribution in [2.45, 2.75) is 20.4 Å². The Morgan fingerprint density at radius 3 is 2.37 bits per heavy atom. The zero-order chi connectivity index (χ0) is 13.8. The number of nitrogens with zero attached hydrogens (tertiary/aromatic N) is 1. The summed E-state index contributed by atoms with van der Waals surface area (Å²) in [5, 5.41) is 0.680. The molecule has 2 N–H and O–H groups in total. The molecular weight excluding hydrogens is 256 g/mol. The van der Waals surface area contributed by atoms with E-state index in [0.29, 0.717) is 5.02 Å². The van der Waals surface area contributed by atoms with E-state index in [1.165, 1.54) is 11.3 Å². The van der Waals surface area contributed by atoms with Crippen LogP contribution in [0.3, 0.4) is 0 Å². The van der Waals surface area contributed by atoms with Crippen molar-refractivity contribution in [2.24, 2.45) is 0 Å². The predicted octanol–water partition coefficient (Wildman–Crippen LogP) is 4.26. The van der Waals surface area contributed by atoms with Crippen LogP contribution in [0, 0.1) is 6.92 Å². The van der Waals surface area contributed by atoms with Gasteiger partial charge in [0.05, 0.1) is 0 Å². The Morgan fingerprint density at radius 2 is 1.79 bits per heavy atom. The fourth-order valence-electron chi connectivity index (χ4n) is 2.06. The third-order valence-corrected chi connectivity index (χ3v) is 3.49. The Hall–Kier alpha value is -1.67. The van der Waals surface area contributed by atoms with E-state index < -0.39 is 0 Å². The maximum atomic E-state index is 6.02. The largest absolute Gasteiger partial charge is 0.398 e. The highest BCUT2D eigenvalue weighted by Crippen LogP contribution is 2.23. The van der Waals surface area contributed by atoms with Gasteiger partial charge in [-0.25, -0.2) is 0 Å². The van der Waals surface area contributed by atoms with Crippen LogP contribution in [0.25, 0.3) is 0 Å². The van der Waals surface area contributed by atoms with Crippen molar-refractivity contribution in [2.75, 3.05) is 17.2 Å². The Balaban J connectivity index is 2.21. The molecule has 0 saturated heterocycles. The van der Waals surface area contributed by atoms with Crippen molar-refractivity contribution < 1.29 is 0 Å². The fraction of sp³-hybridized carbons (Fsp3) is 0.250. The lowest BCUT2D eigenvalue weighted by molar-refractivity contribution is 0.833. The number of hydrogen-bond donors (Lipinski definition) is 1. The summed E-state index contributed by atoms with van der Waals surface area (Å²) in [6.07, 6.45) is 0. The molecule has 0 saturated carbocycles. The first-order valence-electron chi connectivity index (χ1n) is 6.45. The van der Waals surface area contributed by atoms with Crippen molar-refractivity contribution in [3.8, 4) is 0 Å². The molecule has 0 amide bonds. The molecule has 2 aromatic carbocycles. The molecule has 0 spiro atoms. The normalized spacial score (nSPS) is 10.5. The third kappa shape index (κ3) is 3.42. The Bertz CT molecular complexity index is 549. The van der Waals surface area contributed by atoms with Gasteiger partial charge < -0.3 is 10.6 Å². The number of nitrogen functional groups attached to an aromatic ring is 1. The SMILES string of the molecule is CCN(Cc1ccc(Cl)cc1N)c1ccc(C)cc1. The molecule has 19 heavy (non-hydrogen) atoms. The lowest BCUT2D eigenvalue weighted by Crippen LogP contribution is -2.22. The van der Waals surface area contributed by atoms with Crippen molar-refractivity contribution in [3.63, 3.8) is 0 Å². The molecule has 0 aliphatic rings. The standard InChI is InChI=1S/C16H19ClN2/c1-3-19(15-8-4-12(2)5-9-15)11-13-6-7-14(17)10-16(13)18/h4-10H,3,11,18H2,1-2H3. The molecule has 2 aromatic rings. The first-order valence-corrected chi connectivity index (χ1v) is 6.83. The van der Waals surface area contributed by atoms with Crippen LogP contribution >= 0.6 is 11.6 Å². The van der Waals surface area contributed by atoms with Crippen molar-refractivity contribution in [3.05, 3.63) is 58.6 Å². The molecule has 0 heterocycles. The summed E-state index contributed by atoms with van der Waals surface area (Å²) in [5.74, 6) is 0. The summed E-state index contributed by atoms with van der Waals surface area (Å²) in [6.45, 7) is 5.97. The minimum Gasteiger partial charge on any atom is -0.398 e. The van der Waals surface area contributed by atoms with Crippen molar-refractivity contribution >= 4 is 23.0 Å². The molecule has 0 fully saturated rings. The van der Waals surface area contributed by atoms with Gasteiger partial charge in [0, 0.05) is 29.5 Å². The topological polar surface area (TPSA) is 29.3 Å². The van der Waals surface area contributed by atoms with E-state index >= 15 is 0 Å². The summed E-state index contributed by atoms with van der Waals surface area (Å²) in [6, 6.07) is 14.2. The van der Waals surface area contributed by atoms with Gasteiger partial charge in [0.25, 0.3) is 0 Å². The number of hydrogen-bond acceptors (Lipinski definition) is 2. The van der Waals surface area contributed by atoms with E-state index in [1.807, 2.05) is 12.1 Å². The van der Waals surface area contributed by atoms with E-state index in [0.717, 1.165) is 24.3 Å². The van der Waals surface area contributed by atoms with E-state index in [9.17, 15) is 0 Å². The summed E-state index contributed by atoms with van der Waals surface area (Å²) in [7, 11) is 0. The lowest BCUT2D eigenvalue weighted by Gasteiger charge is -2.24. The molecule has 2 nitrogen and oxygen atoms in total. The highest BCUT2D eigenvalue weighted by molar-refractivity contribution is 6.30. The molecule has 0 bridgehead atoms. The van der Waals surface area contributed by atoms with Crippen molar-refractivity contribution in [1.82, 2.24) is 0 Å². The minimum atomic E-state index is 0.680. The van der Waals surface area contributed by atoms with E-state index in [1.54, 1.807) is 6.07 Å². The number of nitrogens with two attached hydrogens (primary N) is 1. The molecule has 0 aromatic heterocycles. The molecular formula is C16H19ClN2. The van der Waals surface area contributed by atoms with Gasteiger partial charge >= 0.3 is 0 Å². The number of benzene rings is 2. The molecule has 0 aliphatic heterocycles. The lowest BCUT2D eigenvalue weighted by atomic mass is 10.1. The highest BCUT2D eigenvalue weighted by atomic mass is 35.5. The number of halogens is 1. The summed E-state index contributed by atoms with van der Waals surface area (Å²) in [5.41, 5.74) is 10.3. The van der Waals surface area contributed by atoms with Gasteiger partial charge in [-0.05, 0) is 43.7 Å². The molecule has 0 unspecified atom stereocenters. The molecule has 0 radical (unpaired) electrons. The molecule has 100 valence electrons. The van der Waals surface area contributed by atoms with Crippen LogP contribution in [0.1, 0.15) is 18.1 Å². The van der Waals surface area contributed by atoms with Crippen LogP contribution in [0.15, 0.2) is 42.5 Å². The van der Waals surface area contributed by atoms with E-state index in [2.05, 4.69) is 43.0 Å². The maximum absolute atomic E-state index is 6.02. The minimum absolute atomic E-state index is 0.680. The van der Waals surface area contributed by atoms with Gasteiger partial charge in [0.2, 0.25) is 0 Å². The number of aryl methyl sites for hydroxylation is 1. The first kappa shape index (κ1) is 13.8. The van der Waals surface area contributed by atoms with Gasteiger partial charge in [-0.1, -0.05) is 35.4 Å². The molecule has 0 atom stereocenters. The Kier molecular flexibility index (Phi) is 4.33. The van der Waals surface area contributed by atoms with Crippen LogP contribution in [0.2, 0.25) is 5.02 Å². The summed E-state index contributed by atoms with van der Waals surface area (Å²) >= 11 is 5.93. The molecule has 3 heteroatoms. The summed E-state index contributed by atoms with van der Waals surface area (Å²) in [4.78, 5) is 2.29. The van der Waals surface area contributed by atoms with E-state index in [4.69, 9.17) is 17.3 Å². The average Bonchev–Trinajstić information content (AvgIpc) is 2.39. The third-order valence-electron chi connectivity index (χ3n) is 3.25. The van der Waals surface area contributed by atoms with E-state index in [-0.39, 0.29) is 0 Å². The maximum Gasteiger partial charge on any atom is 0.0449 e. The first-order chi connectivity index (χ1) is 9.10. The average molecular weight is 275 g/mol. The number of anilines is 2. The predicted molar refractivity (Wildman–Crippen MR) is 83.8 cm³/mol. The fourth-order valence-corrected chi connectivity index (χ4v) is 2.24. The second kappa shape index (κ2) is 5.98. The molecule has 2 rings (SSSR count). The van der Waals surface area contributed by atoms with Crippen LogP contribution in [-0.2, 0) is 6.54 Å². The van der Waals surface area contributed by atoms with Crippen LogP contribution in [-0.4, -0.2) is 6.54 Å². The van der Waals surface area contributed by atoms with Crippen LogP contribution in [0.4, 0.5) is 11.4 Å². The van der Waals surface area contributed by atoms with Gasteiger partial charge in [-0.3, -0.25) is 0 Å². The highest BCUT2D eigenvalue weighted by Gasteiger charge is 2.07.